The van der Waals surface area contributed by atoms with E-state index in [0.29, 0.717) is 5.71 Å². The minimum atomic E-state index is -0.449. The van der Waals surface area contributed by atoms with Gasteiger partial charge < -0.3 is 0 Å². The number of hydrazone groups is 1. The van der Waals surface area contributed by atoms with Crippen LogP contribution in [0.3, 0.4) is 0 Å². The van der Waals surface area contributed by atoms with E-state index in [1.54, 1.807) is 6.92 Å². The van der Waals surface area contributed by atoms with E-state index in [0.717, 1.165) is 7.16 Å². The maximum absolute atomic E-state index is 12.0. The molecule has 0 aromatic heterocycles. The Hall–Kier alpha value is -0.440. The summed E-state index contributed by atoms with van der Waals surface area (Å²) >= 11 is 1.44. The predicted octanol–water partition coefficient (Wildman–Crippen LogP) is -0.516. The molecule has 0 saturated carbocycles. The number of carbonyl (C=O) groups excluding carboxylic acids is 1. The number of allylic oxidation sites excluding steroid dienone is 7. The molecule has 0 saturated heterocycles. The number of nitrogens with one attached hydrogen (secondary N) is 1. The second-order valence-electron chi connectivity index (χ2n) is 2.86. The SMILES string of the molecule is C=CC1=CC=CC=C(C(=O)C(C)=NNI)[I-]1. The molecule has 0 atom stereocenters. The first kappa shape index (κ1) is 13.6. The third kappa shape index (κ3) is 3.85. The van der Waals surface area contributed by atoms with E-state index in [-0.39, 0.29) is 5.78 Å². The number of carbonyl (C=O) groups is 1. The van der Waals surface area contributed by atoms with Crippen LogP contribution in [0.1, 0.15) is 6.92 Å². The summed E-state index contributed by atoms with van der Waals surface area (Å²) in [5.41, 5.74) is 0.485. The van der Waals surface area contributed by atoms with Gasteiger partial charge in [-0.05, 0) is 0 Å². The van der Waals surface area contributed by atoms with E-state index in [1.165, 1.54) is 0 Å². The molecule has 0 amide bonds. The van der Waals surface area contributed by atoms with Crippen molar-refractivity contribution in [2.45, 2.75) is 6.92 Å². The van der Waals surface area contributed by atoms with Crippen LogP contribution in [0.25, 0.3) is 0 Å². The molecule has 0 bridgehead atoms. The number of halogens is 2. The van der Waals surface area contributed by atoms with Gasteiger partial charge in [0.2, 0.25) is 0 Å². The normalized spacial score (nSPS) is 16.5. The quantitative estimate of drug-likeness (QED) is 0.277. The molecule has 0 spiro atoms. The summed E-state index contributed by atoms with van der Waals surface area (Å²) in [5, 5.41) is 3.89. The summed E-state index contributed by atoms with van der Waals surface area (Å²) in [5.74, 6) is 0.0104. The van der Waals surface area contributed by atoms with E-state index < -0.39 is 21.2 Å². The molecule has 5 heteroatoms. The molecule has 0 aromatic carbocycles. The van der Waals surface area contributed by atoms with Crippen molar-refractivity contribution in [1.82, 2.24) is 3.64 Å². The Bertz CT molecular complexity index is 420. The van der Waals surface area contributed by atoms with Gasteiger partial charge in [0.1, 0.15) is 0 Å². The molecule has 1 aliphatic rings. The first-order valence-corrected chi connectivity index (χ1v) is 7.73. The van der Waals surface area contributed by atoms with Crippen molar-refractivity contribution in [3.05, 3.63) is 44.1 Å². The Balaban J connectivity index is 2.90. The number of ketones is 1. The number of nitrogens with zero attached hydrogens (tertiary/aromatic N) is 1. The molecule has 1 N–H and O–H groups in total. The van der Waals surface area contributed by atoms with Crippen LogP contribution in [-0.4, -0.2) is 11.5 Å². The summed E-state index contributed by atoms with van der Waals surface area (Å²) in [7, 11) is 0. The molecule has 16 heavy (non-hydrogen) atoms. The first-order valence-electron chi connectivity index (χ1n) is 4.49. The average molecular weight is 441 g/mol. The Labute approximate surface area is 119 Å². The monoisotopic (exact) mass is 441 g/mol. The molecule has 0 unspecified atom stereocenters. The van der Waals surface area contributed by atoms with Gasteiger partial charge in [0.05, 0.1) is 0 Å². The molecule has 3 nitrogen and oxygen atoms in total. The zero-order valence-electron chi connectivity index (χ0n) is 8.71. The van der Waals surface area contributed by atoms with Crippen LogP contribution in [0.15, 0.2) is 49.2 Å². The zero-order valence-corrected chi connectivity index (χ0v) is 13.0. The topological polar surface area (TPSA) is 41.5 Å². The second-order valence-corrected chi connectivity index (χ2v) is 6.29. The van der Waals surface area contributed by atoms with Crippen molar-refractivity contribution in [2.75, 3.05) is 0 Å². The predicted molar refractivity (Wildman–Crippen MR) is 70.8 cm³/mol. The van der Waals surface area contributed by atoms with Gasteiger partial charge in [0.25, 0.3) is 0 Å². The Morgan fingerprint density at radius 1 is 1.56 bits per heavy atom. The Kier molecular flexibility index (Phi) is 5.96. The van der Waals surface area contributed by atoms with Gasteiger partial charge in [0, 0.05) is 0 Å². The second kappa shape index (κ2) is 7.00. The standard InChI is InChI=1S/C11H11I2N2O/c1-3-9-6-4-5-7-10(13-9)11(16)8(2)14-15-12/h3-7,15H,1H2,2H3/q-1. The van der Waals surface area contributed by atoms with Crippen LogP contribution in [0, 0.1) is 0 Å². The van der Waals surface area contributed by atoms with Crippen LogP contribution < -0.4 is 24.8 Å². The molecule has 0 fully saturated rings. The Morgan fingerprint density at radius 2 is 2.25 bits per heavy atom. The van der Waals surface area contributed by atoms with Crippen molar-refractivity contribution in [3.63, 3.8) is 0 Å². The first-order chi connectivity index (χ1) is 7.69. The van der Waals surface area contributed by atoms with E-state index >= 15 is 0 Å². The van der Waals surface area contributed by atoms with E-state index in [4.69, 9.17) is 0 Å². The molecule has 1 rings (SSSR count). The van der Waals surface area contributed by atoms with Gasteiger partial charge in [0.15, 0.2) is 0 Å². The van der Waals surface area contributed by atoms with Crippen LogP contribution >= 0.6 is 22.9 Å². The van der Waals surface area contributed by atoms with Crippen LogP contribution in [0.4, 0.5) is 0 Å². The number of hydrogen-bond acceptors (Lipinski definition) is 3. The third-order valence-corrected chi connectivity index (χ3v) is 4.87. The van der Waals surface area contributed by atoms with Gasteiger partial charge in [-0.2, -0.15) is 0 Å². The average Bonchev–Trinajstić information content (AvgIpc) is 2.53. The molecule has 0 radical (unpaired) electrons. The fraction of sp³-hybridized carbons (Fsp3) is 0.0909. The van der Waals surface area contributed by atoms with Crippen molar-refractivity contribution in [3.8, 4) is 0 Å². The molecule has 0 aromatic rings. The summed E-state index contributed by atoms with van der Waals surface area (Å²) < 4.78 is 4.58. The van der Waals surface area contributed by atoms with Crippen LogP contribution in [0.5, 0.6) is 0 Å². The molecular weight excluding hydrogens is 430 g/mol. The van der Waals surface area contributed by atoms with Gasteiger partial charge in [-0.1, -0.05) is 0 Å². The van der Waals surface area contributed by atoms with Crippen molar-refractivity contribution >= 4 is 34.4 Å². The van der Waals surface area contributed by atoms with Crippen LogP contribution in [-0.2, 0) is 4.79 Å². The molecule has 1 aliphatic heterocycles. The number of Topliss-reactive ketones (excluding diaryl/α,β-unsaturated/α-hetero) is 1. The number of hydrogen-bond donors (Lipinski definition) is 1. The summed E-state index contributed by atoms with van der Waals surface area (Å²) in [6.07, 6.45) is 9.50. The Morgan fingerprint density at radius 3 is 2.88 bits per heavy atom. The van der Waals surface area contributed by atoms with Gasteiger partial charge >= 0.3 is 120 Å². The van der Waals surface area contributed by atoms with Crippen molar-refractivity contribution in [1.29, 1.82) is 0 Å². The van der Waals surface area contributed by atoms with Gasteiger partial charge in [-0.25, -0.2) is 0 Å². The van der Waals surface area contributed by atoms with Gasteiger partial charge in [-0.15, -0.1) is 0 Å². The fourth-order valence-corrected chi connectivity index (χ4v) is 3.64. The molecular formula is C11H11I2N2O-. The molecule has 0 aliphatic carbocycles. The van der Waals surface area contributed by atoms with Gasteiger partial charge in [-0.3, -0.25) is 0 Å². The van der Waals surface area contributed by atoms with E-state index in [9.17, 15) is 4.79 Å². The summed E-state index contributed by atoms with van der Waals surface area (Å²) in [4.78, 5) is 12.0. The summed E-state index contributed by atoms with van der Waals surface area (Å²) in [6, 6.07) is 0. The third-order valence-electron chi connectivity index (χ3n) is 1.77. The summed E-state index contributed by atoms with van der Waals surface area (Å²) in [6.45, 7) is 5.46. The fourth-order valence-electron chi connectivity index (χ4n) is 0.980. The number of rotatable bonds is 4. The van der Waals surface area contributed by atoms with E-state index in [2.05, 4.69) is 15.3 Å². The maximum atomic E-state index is 12.0. The molecule has 86 valence electrons. The zero-order chi connectivity index (χ0) is 12.0. The van der Waals surface area contributed by atoms with Crippen molar-refractivity contribution in [2.24, 2.45) is 5.10 Å². The van der Waals surface area contributed by atoms with Crippen LogP contribution in [0.2, 0.25) is 0 Å². The minimum absolute atomic E-state index is 0.0104. The molecule has 1 heterocycles. The van der Waals surface area contributed by atoms with E-state index in [1.807, 2.05) is 53.2 Å². The van der Waals surface area contributed by atoms with Crippen molar-refractivity contribution < 1.29 is 26.0 Å².